The molecule has 0 aliphatic carbocycles. The smallest absolute Gasteiger partial charge is 0.163 e. The molecule has 0 aliphatic rings. The minimum atomic E-state index is -0.797. The lowest BCUT2D eigenvalue weighted by Crippen LogP contribution is -2.13. The molecule has 5 heteroatoms. The minimum absolute atomic E-state index is 0.137. The van der Waals surface area contributed by atoms with Gasteiger partial charge in [0, 0.05) is 6.04 Å². The first-order valence-electron chi connectivity index (χ1n) is 6.93. The summed E-state index contributed by atoms with van der Waals surface area (Å²) in [6.07, 6.45) is 0.837. The van der Waals surface area contributed by atoms with E-state index in [0.717, 1.165) is 16.9 Å². The van der Waals surface area contributed by atoms with E-state index in [2.05, 4.69) is 5.10 Å². The van der Waals surface area contributed by atoms with E-state index in [1.54, 1.807) is 25.1 Å². The first kappa shape index (κ1) is 15.4. The van der Waals surface area contributed by atoms with Crippen LogP contribution < -0.4 is 9.47 Å². The Morgan fingerprint density at radius 2 is 1.81 bits per heavy atom. The molecule has 1 unspecified atom stereocenters. The Morgan fingerprint density at radius 1 is 1.14 bits per heavy atom. The summed E-state index contributed by atoms with van der Waals surface area (Å²) in [7, 11) is 3.21. The molecule has 0 fully saturated rings. The molecule has 1 aromatic heterocycles. The van der Waals surface area contributed by atoms with Crippen molar-refractivity contribution in [3.05, 3.63) is 41.2 Å². The van der Waals surface area contributed by atoms with Crippen molar-refractivity contribution in [2.24, 2.45) is 0 Å². The zero-order chi connectivity index (χ0) is 15.6. The number of aromatic nitrogens is 2. The van der Waals surface area contributed by atoms with E-state index in [4.69, 9.17) is 9.47 Å². The van der Waals surface area contributed by atoms with Gasteiger partial charge in [0.05, 0.1) is 20.4 Å². The van der Waals surface area contributed by atoms with Gasteiger partial charge >= 0.3 is 0 Å². The first-order valence-corrected chi connectivity index (χ1v) is 6.93. The van der Waals surface area contributed by atoms with Crippen molar-refractivity contribution in [1.82, 2.24) is 9.78 Å². The number of ether oxygens (including phenoxy) is 2. The zero-order valence-corrected chi connectivity index (χ0v) is 13.1. The first-order chi connectivity index (χ1) is 9.99. The molecule has 0 spiro atoms. The number of nitrogens with zero attached hydrogens (tertiary/aromatic N) is 2. The van der Waals surface area contributed by atoms with Crippen LogP contribution >= 0.6 is 0 Å². The van der Waals surface area contributed by atoms with Crippen molar-refractivity contribution in [3.8, 4) is 11.5 Å². The summed E-state index contributed by atoms with van der Waals surface area (Å²) < 4.78 is 12.4. The van der Waals surface area contributed by atoms with Crippen molar-refractivity contribution in [2.45, 2.75) is 32.9 Å². The molecule has 0 aliphatic heterocycles. The van der Waals surface area contributed by atoms with Gasteiger partial charge in [-0.1, -0.05) is 6.07 Å². The van der Waals surface area contributed by atoms with Crippen molar-refractivity contribution in [3.63, 3.8) is 0 Å². The zero-order valence-electron chi connectivity index (χ0n) is 13.1. The van der Waals surface area contributed by atoms with Crippen molar-refractivity contribution in [1.29, 1.82) is 0 Å². The number of methoxy groups -OCH3 is 2. The fraction of sp³-hybridized carbons (Fsp3) is 0.438. The highest BCUT2D eigenvalue weighted by atomic mass is 16.5. The molecule has 2 rings (SSSR count). The number of aryl methyl sites for hydroxylation is 1. The standard InChI is InChI=1S/C16H22N2O3/c1-10(2)18-15(14(21-5)9-17-18)16(19)12-6-7-13(20-4)11(3)8-12/h6-10,16,19H,1-5H3. The molecule has 0 bridgehead atoms. The summed E-state index contributed by atoms with van der Waals surface area (Å²) in [6, 6.07) is 5.77. The highest BCUT2D eigenvalue weighted by Gasteiger charge is 2.23. The molecule has 5 nitrogen and oxygen atoms in total. The number of benzene rings is 1. The lowest BCUT2D eigenvalue weighted by molar-refractivity contribution is 0.199. The Morgan fingerprint density at radius 3 is 2.33 bits per heavy atom. The van der Waals surface area contributed by atoms with Crippen LogP contribution in [0.25, 0.3) is 0 Å². The second-order valence-electron chi connectivity index (χ2n) is 5.27. The Hall–Kier alpha value is -2.01. The summed E-state index contributed by atoms with van der Waals surface area (Å²) in [5, 5.41) is 15.0. The van der Waals surface area contributed by atoms with E-state index >= 15 is 0 Å². The molecular formula is C16H22N2O3. The average Bonchev–Trinajstić information content (AvgIpc) is 2.90. The van der Waals surface area contributed by atoms with E-state index in [0.29, 0.717) is 11.4 Å². The molecule has 1 heterocycles. The predicted molar refractivity (Wildman–Crippen MR) is 81.0 cm³/mol. The van der Waals surface area contributed by atoms with Crippen molar-refractivity contribution in [2.75, 3.05) is 14.2 Å². The predicted octanol–water partition coefficient (Wildman–Crippen LogP) is 2.87. The van der Waals surface area contributed by atoms with E-state index in [1.165, 1.54) is 0 Å². The van der Waals surface area contributed by atoms with Gasteiger partial charge in [-0.3, -0.25) is 4.68 Å². The Bertz CT molecular complexity index is 620. The molecule has 1 aromatic carbocycles. The second kappa shape index (κ2) is 6.18. The topological polar surface area (TPSA) is 56.5 Å². The van der Waals surface area contributed by atoms with Crippen LogP contribution in [-0.2, 0) is 0 Å². The monoisotopic (exact) mass is 290 g/mol. The normalized spacial score (nSPS) is 12.5. The van der Waals surface area contributed by atoms with Crippen molar-refractivity contribution < 1.29 is 14.6 Å². The molecule has 0 radical (unpaired) electrons. The third-order valence-corrected chi connectivity index (χ3v) is 3.50. The molecule has 2 aromatic rings. The summed E-state index contributed by atoms with van der Waals surface area (Å²) in [6.45, 7) is 5.98. The molecule has 0 saturated carbocycles. The fourth-order valence-electron chi connectivity index (χ4n) is 2.41. The number of hydrogen-bond donors (Lipinski definition) is 1. The van der Waals surface area contributed by atoms with Crippen LogP contribution in [0, 0.1) is 6.92 Å². The fourth-order valence-corrected chi connectivity index (χ4v) is 2.41. The lowest BCUT2D eigenvalue weighted by Gasteiger charge is -2.18. The summed E-state index contributed by atoms with van der Waals surface area (Å²) in [5.74, 6) is 1.39. The molecule has 1 atom stereocenters. The molecule has 0 amide bonds. The number of hydrogen-bond acceptors (Lipinski definition) is 4. The quantitative estimate of drug-likeness (QED) is 0.920. The number of aliphatic hydroxyl groups excluding tert-OH is 1. The van der Waals surface area contributed by atoms with Crippen LogP contribution in [0.1, 0.15) is 42.8 Å². The largest absolute Gasteiger partial charge is 0.496 e. The molecular weight excluding hydrogens is 268 g/mol. The van der Waals surface area contributed by atoms with Gasteiger partial charge in [-0.25, -0.2) is 0 Å². The van der Waals surface area contributed by atoms with Gasteiger partial charge in [0.2, 0.25) is 0 Å². The maximum absolute atomic E-state index is 10.7. The van der Waals surface area contributed by atoms with E-state index < -0.39 is 6.10 Å². The van der Waals surface area contributed by atoms with Crippen LogP contribution in [0.15, 0.2) is 24.4 Å². The van der Waals surface area contributed by atoms with Gasteiger partial charge in [0.1, 0.15) is 17.5 Å². The minimum Gasteiger partial charge on any atom is -0.496 e. The van der Waals surface area contributed by atoms with E-state index in [-0.39, 0.29) is 6.04 Å². The van der Waals surface area contributed by atoms with E-state index in [9.17, 15) is 5.11 Å². The Balaban J connectivity index is 2.46. The van der Waals surface area contributed by atoms with Crippen LogP contribution in [0.3, 0.4) is 0 Å². The molecule has 1 N–H and O–H groups in total. The van der Waals surface area contributed by atoms with Gasteiger partial charge in [-0.2, -0.15) is 5.10 Å². The summed E-state index contributed by atoms with van der Waals surface area (Å²) in [5.41, 5.74) is 2.43. The van der Waals surface area contributed by atoms with Crippen LogP contribution in [0.4, 0.5) is 0 Å². The second-order valence-corrected chi connectivity index (χ2v) is 5.27. The third kappa shape index (κ3) is 2.88. The van der Waals surface area contributed by atoms with E-state index in [1.807, 2.05) is 39.0 Å². The molecule has 0 saturated heterocycles. The highest BCUT2D eigenvalue weighted by Crippen LogP contribution is 2.33. The van der Waals surface area contributed by atoms with Gasteiger partial charge < -0.3 is 14.6 Å². The summed E-state index contributed by atoms with van der Waals surface area (Å²) in [4.78, 5) is 0. The number of rotatable bonds is 5. The molecule has 114 valence electrons. The third-order valence-electron chi connectivity index (χ3n) is 3.50. The van der Waals surface area contributed by atoms with Crippen molar-refractivity contribution >= 4 is 0 Å². The van der Waals surface area contributed by atoms with Gasteiger partial charge in [0.25, 0.3) is 0 Å². The van der Waals surface area contributed by atoms with Gasteiger partial charge in [-0.05, 0) is 44.0 Å². The number of aliphatic hydroxyl groups is 1. The van der Waals surface area contributed by atoms with Crippen LogP contribution in [0.2, 0.25) is 0 Å². The van der Waals surface area contributed by atoms with Gasteiger partial charge in [0.15, 0.2) is 5.75 Å². The lowest BCUT2D eigenvalue weighted by atomic mass is 10.0. The maximum Gasteiger partial charge on any atom is 0.163 e. The Kier molecular flexibility index (Phi) is 4.53. The van der Waals surface area contributed by atoms with Crippen LogP contribution in [0.5, 0.6) is 11.5 Å². The van der Waals surface area contributed by atoms with Crippen LogP contribution in [-0.4, -0.2) is 29.1 Å². The molecule has 21 heavy (non-hydrogen) atoms. The average molecular weight is 290 g/mol. The van der Waals surface area contributed by atoms with Gasteiger partial charge in [-0.15, -0.1) is 0 Å². The SMILES string of the molecule is COc1ccc(C(O)c2c(OC)cnn2C(C)C)cc1C. The maximum atomic E-state index is 10.7. The summed E-state index contributed by atoms with van der Waals surface area (Å²) >= 11 is 0. The Labute approximate surface area is 125 Å². The highest BCUT2D eigenvalue weighted by molar-refractivity contribution is 5.41.